The van der Waals surface area contributed by atoms with E-state index in [-0.39, 0.29) is 6.42 Å². The fourth-order valence-corrected chi connectivity index (χ4v) is 3.30. The number of hydrogen-bond acceptors (Lipinski definition) is 8. The molecule has 4 rings (SSSR count). The molecule has 0 aliphatic carbocycles. The summed E-state index contributed by atoms with van der Waals surface area (Å²) in [6, 6.07) is 13.3. The topological polar surface area (TPSA) is 117 Å². The third-order valence-electron chi connectivity index (χ3n) is 4.99. The predicted octanol–water partition coefficient (Wildman–Crippen LogP) is 1.35. The van der Waals surface area contributed by atoms with Gasteiger partial charge in [0.25, 0.3) is 11.8 Å². The number of esters is 1. The van der Waals surface area contributed by atoms with Gasteiger partial charge in [0.1, 0.15) is 11.8 Å². The fourth-order valence-electron chi connectivity index (χ4n) is 3.30. The third kappa shape index (κ3) is 4.10. The lowest BCUT2D eigenvalue weighted by Gasteiger charge is -2.23. The second kappa shape index (κ2) is 8.80. The molecule has 1 atom stereocenters. The summed E-state index contributed by atoms with van der Waals surface area (Å²) in [5.41, 5.74) is 2.18. The summed E-state index contributed by atoms with van der Waals surface area (Å²) in [6.45, 7) is 0. The quantitative estimate of drug-likeness (QED) is 0.405. The van der Waals surface area contributed by atoms with E-state index in [1.165, 1.54) is 11.9 Å². The third-order valence-corrected chi connectivity index (χ3v) is 4.99. The van der Waals surface area contributed by atoms with Gasteiger partial charge in [-0.25, -0.2) is 4.79 Å². The first-order valence-corrected chi connectivity index (χ1v) is 9.67. The van der Waals surface area contributed by atoms with Crippen LogP contribution in [0.5, 0.6) is 5.75 Å². The molecule has 1 aliphatic rings. The average Bonchev–Trinajstić information content (AvgIpc) is 3.44. The molecule has 32 heavy (non-hydrogen) atoms. The van der Waals surface area contributed by atoms with E-state index in [1.54, 1.807) is 31.4 Å². The van der Waals surface area contributed by atoms with Crippen LogP contribution in [0.15, 0.2) is 60.7 Å². The van der Waals surface area contributed by atoms with E-state index in [1.807, 2.05) is 24.3 Å². The molecule has 0 N–H and O–H groups in total. The smallest absolute Gasteiger partial charge is 0.329 e. The summed E-state index contributed by atoms with van der Waals surface area (Å²) in [4.78, 5) is 38.5. The van der Waals surface area contributed by atoms with Crippen molar-refractivity contribution < 1.29 is 23.9 Å². The fraction of sp³-hybridized carbons (Fsp3) is 0.182. The lowest BCUT2D eigenvalue weighted by atomic mass is 10.0. The van der Waals surface area contributed by atoms with Crippen LogP contribution in [0.25, 0.3) is 17.1 Å². The molecule has 0 saturated heterocycles. The normalized spacial score (nSPS) is 14.0. The Bertz CT molecular complexity index is 1170. The van der Waals surface area contributed by atoms with Gasteiger partial charge in [0, 0.05) is 24.1 Å². The maximum Gasteiger partial charge on any atom is 0.329 e. The maximum absolute atomic E-state index is 12.2. The van der Waals surface area contributed by atoms with Crippen LogP contribution in [0, 0.1) is 0 Å². The van der Waals surface area contributed by atoms with Crippen molar-refractivity contribution in [3.8, 4) is 22.8 Å². The van der Waals surface area contributed by atoms with Gasteiger partial charge in [-0.2, -0.15) is 0 Å². The number of aromatic nitrogens is 4. The van der Waals surface area contributed by atoms with Crippen LogP contribution in [0.4, 0.5) is 0 Å². The highest BCUT2D eigenvalue weighted by Crippen LogP contribution is 2.20. The van der Waals surface area contributed by atoms with Gasteiger partial charge in [-0.3, -0.25) is 14.5 Å². The van der Waals surface area contributed by atoms with Crippen LogP contribution in [-0.4, -0.2) is 63.2 Å². The van der Waals surface area contributed by atoms with E-state index in [0.717, 1.165) is 33.9 Å². The van der Waals surface area contributed by atoms with E-state index in [0.29, 0.717) is 11.5 Å². The summed E-state index contributed by atoms with van der Waals surface area (Å²) in [5.74, 6) is -0.558. The van der Waals surface area contributed by atoms with Crippen molar-refractivity contribution in [2.24, 2.45) is 0 Å². The molecule has 3 aromatic rings. The highest BCUT2D eigenvalue weighted by atomic mass is 16.5. The number of rotatable bonds is 7. The first-order valence-electron chi connectivity index (χ1n) is 9.67. The number of amides is 2. The van der Waals surface area contributed by atoms with Gasteiger partial charge >= 0.3 is 5.97 Å². The molecule has 10 heteroatoms. The zero-order valence-electron chi connectivity index (χ0n) is 17.3. The van der Waals surface area contributed by atoms with Gasteiger partial charge in [-0.15, -0.1) is 15.0 Å². The summed E-state index contributed by atoms with van der Waals surface area (Å²) >= 11 is 0. The molecule has 0 spiro atoms. The van der Waals surface area contributed by atoms with Crippen molar-refractivity contribution in [3.05, 3.63) is 66.2 Å². The second-order valence-corrected chi connectivity index (χ2v) is 6.92. The van der Waals surface area contributed by atoms with Crippen molar-refractivity contribution in [3.63, 3.8) is 0 Å². The van der Waals surface area contributed by atoms with Gasteiger partial charge in [-0.05, 0) is 47.2 Å². The minimum atomic E-state index is -1.05. The molecule has 1 aliphatic heterocycles. The number of hydrogen-bond donors (Lipinski definition) is 0. The standard InChI is InChI=1S/C22H19N5O5/c1-31-17-9-5-15(6-10-17)21-23-25-27(24-21)16-7-3-14(4-8-16)13-18(22(30)32-2)26-19(28)11-12-20(26)29/h3-12,18H,13H2,1-2H3/t18-/m0/s1. The van der Waals surface area contributed by atoms with Crippen LogP contribution < -0.4 is 4.74 Å². The van der Waals surface area contributed by atoms with Crippen molar-refractivity contribution in [1.29, 1.82) is 0 Å². The minimum Gasteiger partial charge on any atom is -0.497 e. The predicted molar refractivity (Wildman–Crippen MR) is 112 cm³/mol. The van der Waals surface area contributed by atoms with Crippen molar-refractivity contribution >= 4 is 17.8 Å². The molecule has 2 heterocycles. The molecule has 2 aromatic carbocycles. The van der Waals surface area contributed by atoms with Crippen LogP contribution in [0.3, 0.4) is 0 Å². The number of carbonyl (C=O) groups excluding carboxylic acids is 3. The summed E-state index contributed by atoms with van der Waals surface area (Å²) in [5, 5.41) is 12.6. The Hall–Kier alpha value is -4.34. The molecule has 10 nitrogen and oxygen atoms in total. The lowest BCUT2D eigenvalue weighted by Crippen LogP contribution is -2.46. The molecule has 0 radical (unpaired) electrons. The van der Waals surface area contributed by atoms with Gasteiger partial charge in [0.05, 0.1) is 19.9 Å². The number of imide groups is 1. The number of methoxy groups -OCH3 is 2. The highest BCUT2D eigenvalue weighted by molar-refractivity contribution is 6.14. The Morgan fingerprint density at radius 1 is 0.969 bits per heavy atom. The number of benzene rings is 2. The van der Waals surface area contributed by atoms with Crippen molar-refractivity contribution in [2.45, 2.75) is 12.5 Å². The van der Waals surface area contributed by atoms with E-state index < -0.39 is 23.8 Å². The Labute approximate surface area is 183 Å². The summed E-state index contributed by atoms with van der Waals surface area (Å²) in [7, 11) is 2.81. The minimum absolute atomic E-state index is 0.119. The molecule has 2 amide bonds. The van der Waals surface area contributed by atoms with Crippen LogP contribution in [-0.2, 0) is 25.5 Å². The van der Waals surface area contributed by atoms with E-state index in [2.05, 4.69) is 15.4 Å². The van der Waals surface area contributed by atoms with Crippen LogP contribution in [0.1, 0.15) is 5.56 Å². The molecule has 162 valence electrons. The Morgan fingerprint density at radius 2 is 1.62 bits per heavy atom. The maximum atomic E-state index is 12.2. The van der Waals surface area contributed by atoms with Gasteiger partial charge in [-0.1, -0.05) is 12.1 Å². The second-order valence-electron chi connectivity index (χ2n) is 6.92. The largest absolute Gasteiger partial charge is 0.497 e. The first-order chi connectivity index (χ1) is 15.5. The van der Waals surface area contributed by atoms with Crippen LogP contribution >= 0.6 is 0 Å². The lowest BCUT2D eigenvalue weighted by molar-refractivity contribution is -0.155. The Morgan fingerprint density at radius 3 is 2.22 bits per heavy atom. The van der Waals surface area contributed by atoms with E-state index in [9.17, 15) is 14.4 Å². The summed E-state index contributed by atoms with van der Waals surface area (Å²) in [6.07, 6.45) is 2.39. The Balaban J connectivity index is 1.51. The molecule has 0 fully saturated rings. The summed E-state index contributed by atoms with van der Waals surface area (Å²) < 4.78 is 9.94. The van der Waals surface area contributed by atoms with Gasteiger partial charge in [0.15, 0.2) is 0 Å². The molecular weight excluding hydrogens is 414 g/mol. The zero-order chi connectivity index (χ0) is 22.7. The molecule has 0 saturated carbocycles. The monoisotopic (exact) mass is 433 g/mol. The van der Waals surface area contributed by atoms with Crippen molar-refractivity contribution in [1.82, 2.24) is 25.1 Å². The van der Waals surface area contributed by atoms with E-state index >= 15 is 0 Å². The number of ether oxygens (including phenoxy) is 2. The molecule has 1 aromatic heterocycles. The SMILES string of the molecule is COC(=O)[C@H](Cc1ccc(-n2nnc(-c3ccc(OC)cc3)n2)cc1)N1C(=O)C=CC1=O. The number of tetrazole rings is 1. The highest BCUT2D eigenvalue weighted by Gasteiger charge is 2.36. The molecular formula is C22H19N5O5. The molecule has 0 unspecified atom stereocenters. The zero-order valence-corrected chi connectivity index (χ0v) is 17.3. The van der Waals surface area contributed by atoms with Gasteiger partial charge < -0.3 is 9.47 Å². The number of nitrogens with zero attached hydrogens (tertiary/aromatic N) is 5. The van der Waals surface area contributed by atoms with Gasteiger partial charge in [0.2, 0.25) is 5.82 Å². The first kappa shape index (κ1) is 20.9. The van der Waals surface area contributed by atoms with Crippen molar-refractivity contribution in [2.75, 3.05) is 14.2 Å². The average molecular weight is 433 g/mol. The Kier molecular flexibility index (Phi) is 5.75. The number of carbonyl (C=O) groups is 3. The van der Waals surface area contributed by atoms with E-state index in [4.69, 9.17) is 9.47 Å². The molecule has 0 bridgehead atoms. The van der Waals surface area contributed by atoms with Crippen LogP contribution in [0.2, 0.25) is 0 Å².